The number of anilines is 1. The monoisotopic (exact) mass is 331 g/mol. The van der Waals surface area contributed by atoms with E-state index in [2.05, 4.69) is 27.2 Å². The molecular formula is C14H20F3N5O. The van der Waals surface area contributed by atoms with E-state index in [1.54, 1.807) is 0 Å². The molecule has 0 unspecified atom stereocenters. The summed E-state index contributed by atoms with van der Waals surface area (Å²) < 4.78 is 39.5. The Morgan fingerprint density at radius 3 is 2.70 bits per heavy atom. The fourth-order valence-corrected chi connectivity index (χ4v) is 2.58. The van der Waals surface area contributed by atoms with Crippen molar-refractivity contribution in [2.24, 2.45) is 7.05 Å². The number of nitrogens with zero attached hydrogens (tertiary/aromatic N) is 3. The van der Waals surface area contributed by atoms with Crippen LogP contribution in [-0.4, -0.2) is 46.4 Å². The zero-order chi connectivity index (χ0) is 17.0. The molecule has 0 radical (unpaired) electrons. The van der Waals surface area contributed by atoms with Crippen molar-refractivity contribution in [1.82, 2.24) is 20.0 Å². The highest BCUT2D eigenvalue weighted by molar-refractivity contribution is 5.90. The van der Waals surface area contributed by atoms with Crippen LogP contribution in [0, 0.1) is 0 Å². The number of carbonyl (C=O) groups is 1. The lowest BCUT2D eigenvalue weighted by atomic mass is 10.1. The maximum atomic E-state index is 12.8. The normalized spacial score (nSPS) is 17.0. The smallest absolute Gasteiger partial charge is 0.335 e. The minimum absolute atomic E-state index is 0.0536. The Balaban J connectivity index is 1.90. The molecule has 1 aromatic heterocycles. The van der Waals surface area contributed by atoms with E-state index in [0.29, 0.717) is 0 Å². The Kier molecular flexibility index (Phi) is 5.30. The molecule has 0 spiro atoms. The maximum Gasteiger partial charge on any atom is 0.437 e. The number of halogens is 3. The van der Waals surface area contributed by atoms with Gasteiger partial charge in [-0.1, -0.05) is 6.08 Å². The van der Waals surface area contributed by atoms with Gasteiger partial charge in [0.2, 0.25) is 0 Å². The standard InChI is InChI=1S/C14H20F3N5O/c1-3-6-22-7-4-10(5-8-22)18-13(23)19-11-9-21(2)20-12(11)14(15,16)17/h3,9-10H,1,4-8H2,2H3,(H2,18,19,23). The van der Waals surface area contributed by atoms with Crippen molar-refractivity contribution in [3.05, 3.63) is 24.5 Å². The van der Waals surface area contributed by atoms with E-state index in [1.165, 1.54) is 7.05 Å². The van der Waals surface area contributed by atoms with Crippen molar-refractivity contribution in [2.75, 3.05) is 25.0 Å². The SMILES string of the molecule is C=CCN1CCC(NC(=O)Nc2cn(C)nc2C(F)(F)F)CC1. The van der Waals surface area contributed by atoms with Crippen molar-refractivity contribution in [2.45, 2.75) is 25.1 Å². The largest absolute Gasteiger partial charge is 0.437 e. The van der Waals surface area contributed by atoms with Gasteiger partial charge in [-0.05, 0) is 12.8 Å². The fourth-order valence-electron chi connectivity index (χ4n) is 2.58. The van der Waals surface area contributed by atoms with Crippen LogP contribution in [0.4, 0.5) is 23.7 Å². The number of amides is 2. The van der Waals surface area contributed by atoms with E-state index >= 15 is 0 Å². The quantitative estimate of drug-likeness (QED) is 0.832. The van der Waals surface area contributed by atoms with Crippen LogP contribution >= 0.6 is 0 Å². The van der Waals surface area contributed by atoms with Gasteiger partial charge in [0.25, 0.3) is 0 Å². The lowest BCUT2D eigenvalue weighted by Crippen LogP contribution is -2.46. The summed E-state index contributed by atoms with van der Waals surface area (Å²) in [5, 5.41) is 8.29. The number of hydrogen-bond donors (Lipinski definition) is 2. The van der Waals surface area contributed by atoms with Gasteiger partial charge in [-0.25, -0.2) is 4.79 Å². The van der Waals surface area contributed by atoms with E-state index in [1.807, 2.05) is 6.08 Å². The summed E-state index contributed by atoms with van der Waals surface area (Å²) in [4.78, 5) is 14.1. The molecule has 2 N–H and O–H groups in total. The molecule has 0 atom stereocenters. The summed E-state index contributed by atoms with van der Waals surface area (Å²) in [7, 11) is 1.37. The first-order valence-electron chi connectivity index (χ1n) is 7.31. The number of urea groups is 1. The summed E-state index contributed by atoms with van der Waals surface area (Å²) in [6.45, 7) is 6.11. The van der Waals surface area contributed by atoms with Crippen LogP contribution in [0.25, 0.3) is 0 Å². The molecular weight excluding hydrogens is 311 g/mol. The summed E-state index contributed by atoms with van der Waals surface area (Å²) in [5.41, 5.74) is -1.45. The van der Waals surface area contributed by atoms with E-state index in [9.17, 15) is 18.0 Å². The molecule has 1 saturated heterocycles. The summed E-state index contributed by atoms with van der Waals surface area (Å²) in [6.07, 6.45) is -0.155. The van der Waals surface area contributed by atoms with Gasteiger partial charge in [0.1, 0.15) is 0 Å². The molecule has 0 aliphatic carbocycles. The lowest BCUT2D eigenvalue weighted by Gasteiger charge is -2.31. The van der Waals surface area contributed by atoms with Gasteiger partial charge in [-0.3, -0.25) is 9.58 Å². The molecule has 23 heavy (non-hydrogen) atoms. The Hall–Kier alpha value is -2.03. The predicted molar refractivity (Wildman–Crippen MR) is 80.0 cm³/mol. The summed E-state index contributed by atoms with van der Waals surface area (Å²) in [5.74, 6) is 0. The number of likely N-dealkylation sites (tertiary alicyclic amines) is 1. The third kappa shape index (κ3) is 4.72. The maximum absolute atomic E-state index is 12.8. The Labute approximate surface area is 132 Å². The van der Waals surface area contributed by atoms with Crippen molar-refractivity contribution < 1.29 is 18.0 Å². The molecule has 0 bridgehead atoms. The number of hydrogen-bond acceptors (Lipinski definition) is 3. The molecule has 9 heteroatoms. The van der Waals surface area contributed by atoms with E-state index in [4.69, 9.17) is 0 Å². The first-order chi connectivity index (χ1) is 10.8. The molecule has 6 nitrogen and oxygen atoms in total. The van der Waals surface area contributed by atoms with Gasteiger partial charge in [0.05, 0.1) is 5.69 Å². The molecule has 2 heterocycles. The number of alkyl halides is 3. The van der Waals surface area contributed by atoms with E-state index in [0.717, 1.165) is 43.4 Å². The van der Waals surface area contributed by atoms with Gasteiger partial charge in [-0.2, -0.15) is 18.3 Å². The van der Waals surface area contributed by atoms with Gasteiger partial charge in [0.15, 0.2) is 5.69 Å². The number of aryl methyl sites for hydroxylation is 1. The van der Waals surface area contributed by atoms with Crippen LogP contribution < -0.4 is 10.6 Å². The topological polar surface area (TPSA) is 62.2 Å². The van der Waals surface area contributed by atoms with Crippen LogP contribution in [0.15, 0.2) is 18.9 Å². The van der Waals surface area contributed by atoms with Crippen molar-refractivity contribution in [1.29, 1.82) is 0 Å². The molecule has 1 aromatic rings. The highest BCUT2D eigenvalue weighted by Gasteiger charge is 2.37. The van der Waals surface area contributed by atoms with Gasteiger partial charge in [-0.15, -0.1) is 6.58 Å². The second-order valence-corrected chi connectivity index (χ2v) is 5.52. The van der Waals surface area contributed by atoms with Gasteiger partial charge in [0, 0.05) is 38.9 Å². The Bertz CT molecular complexity index is 561. The Morgan fingerprint density at radius 1 is 1.48 bits per heavy atom. The van der Waals surface area contributed by atoms with Crippen molar-refractivity contribution in [3.8, 4) is 0 Å². The first-order valence-corrected chi connectivity index (χ1v) is 7.31. The third-order valence-electron chi connectivity index (χ3n) is 3.66. The van der Waals surface area contributed by atoms with Crippen LogP contribution in [0.2, 0.25) is 0 Å². The van der Waals surface area contributed by atoms with Crippen LogP contribution in [0.3, 0.4) is 0 Å². The highest BCUT2D eigenvalue weighted by Crippen LogP contribution is 2.33. The molecule has 2 amide bonds. The zero-order valence-corrected chi connectivity index (χ0v) is 12.9. The molecule has 1 fully saturated rings. The number of piperidine rings is 1. The molecule has 128 valence electrons. The molecule has 0 saturated carbocycles. The van der Waals surface area contributed by atoms with Crippen molar-refractivity contribution >= 4 is 11.7 Å². The molecule has 1 aliphatic rings. The molecule has 1 aliphatic heterocycles. The average molecular weight is 331 g/mol. The lowest BCUT2D eigenvalue weighted by molar-refractivity contribution is -0.140. The van der Waals surface area contributed by atoms with Crippen molar-refractivity contribution in [3.63, 3.8) is 0 Å². The van der Waals surface area contributed by atoms with Gasteiger partial charge >= 0.3 is 12.2 Å². The number of carbonyl (C=O) groups excluding carboxylic acids is 1. The van der Waals surface area contributed by atoms with Crippen LogP contribution in [0.5, 0.6) is 0 Å². The fraction of sp³-hybridized carbons (Fsp3) is 0.571. The summed E-state index contributed by atoms with van der Waals surface area (Å²) >= 11 is 0. The van der Waals surface area contributed by atoms with E-state index in [-0.39, 0.29) is 11.7 Å². The predicted octanol–water partition coefficient (Wildman–Crippen LogP) is 2.21. The van der Waals surface area contributed by atoms with Gasteiger partial charge < -0.3 is 10.6 Å². The minimum atomic E-state index is -4.61. The van der Waals surface area contributed by atoms with Crippen LogP contribution in [-0.2, 0) is 13.2 Å². The molecule has 2 rings (SSSR count). The minimum Gasteiger partial charge on any atom is -0.335 e. The number of nitrogens with one attached hydrogen (secondary N) is 2. The number of rotatable bonds is 4. The first kappa shape index (κ1) is 17.3. The Morgan fingerprint density at radius 2 is 2.13 bits per heavy atom. The highest BCUT2D eigenvalue weighted by atomic mass is 19.4. The van der Waals surface area contributed by atoms with Crippen LogP contribution in [0.1, 0.15) is 18.5 Å². The molecule has 0 aromatic carbocycles. The second-order valence-electron chi connectivity index (χ2n) is 5.52. The third-order valence-corrected chi connectivity index (χ3v) is 3.66. The summed E-state index contributed by atoms with van der Waals surface area (Å²) in [6, 6.07) is -0.701. The average Bonchev–Trinajstić information content (AvgIpc) is 2.82. The number of aromatic nitrogens is 2. The van der Waals surface area contributed by atoms with E-state index < -0.39 is 17.9 Å². The second kappa shape index (κ2) is 7.03. The zero-order valence-electron chi connectivity index (χ0n) is 12.9.